The topological polar surface area (TPSA) is 61.2 Å². The molecule has 0 atom stereocenters. The minimum absolute atomic E-state index is 0.133. The van der Waals surface area contributed by atoms with Gasteiger partial charge >= 0.3 is 0 Å². The summed E-state index contributed by atoms with van der Waals surface area (Å²) < 4.78 is 6.92. The van der Waals surface area contributed by atoms with Crippen molar-refractivity contribution in [3.05, 3.63) is 82.9 Å². The molecule has 1 fully saturated rings. The van der Waals surface area contributed by atoms with Crippen molar-refractivity contribution in [3.8, 4) is 16.9 Å². The standard InChI is InChI=1S/C27H26ClN4O3S/c1-18-23(11-10-22(29-4)24(18)28)32-25(33)27(2,3)31(26(32)36)14-5-17-35-21-8-6-19(7-9-21)20-12-15-30(34)16-13-20/h6-13,15-16,34H,5,14,17H2,1-3H3/q+1. The average molecular weight is 522 g/mol. The average Bonchev–Trinajstić information content (AvgIpc) is 3.03. The van der Waals surface area contributed by atoms with Crippen LogP contribution in [0.5, 0.6) is 5.75 Å². The van der Waals surface area contributed by atoms with Crippen molar-refractivity contribution in [1.29, 1.82) is 0 Å². The first-order valence-corrected chi connectivity index (χ1v) is 12.2. The summed E-state index contributed by atoms with van der Waals surface area (Å²) >= 11 is 12.1. The summed E-state index contributed by atoms with van der Waals surface area (Å²) in [5, 5.41) is 10.1. The Balaban J connectivity index is 1.39. The summed E-state index contributed by atoms with van der Waals surface area (Å²) in [6, 6.07) is 14.7. The molecule has 9 heteroatoms. The highest BCUT2D eigenvalue weighted by atomic mass is 35.5. The maximum absolute atomic E-state index is 13.3. The third kappa shape index (κ3) is 4.72. The molecule has 0 bridgehead atoms. The molecule has 2 aromatic carbocycles. The molecule has 184 valence electrons. The van der Waals surface area contributed by atoms with Crippen molar-refractivity contribution in [1.82, 2.24) is 4.90 Å². The van der Waals surface area contributed by atoms with Crippen molar-refractivity contribution in [3.63, 3.8) is 0 Å². The highest BCUT2D eigenvalue weighted by Crippen LogP contribution is 2.39. The molecule has 1 saturated heterocycles. The number of hydrogen-bond donors (Lipinski definition) is 1. The Kier molecular flexibility index (Phi) is 7.16. The van der Waals surface area contributed by atoms with E-state index in [1.807, 2.05) is 55.1 Å². The van der Waals surface area contributed by atoms with Crippen LogP contribution in [0.15, 0.2) is 60.9 Å². The first-order valence-electron chi connectivity index (χ1n) is 11.4. The molecule has 3 aromatic rings. The Bertz CT molecular complexity index is 1350. The molecule has 1 aliphatic heterocycles. The molecular formula is C27H26ClN4O3S+. The maximum atomic E-state index is 13.3. The number of rotatable bonds is 7. The molecular weight excluding hydrogens is 496 g/mol. The van der Waals surface area contributed by atoms with Gasteiger partial charge in [0.05, 0.1) is 23.9 Å². The van der Waals surface area contributed by atoms with Crippen molar-refractivity contribution in [2.24, 2.45) is 0 Å². The molecule has 7 nitrogen and oxygen atoms in total. The molecule has 1 amide bonds. The fraction of sp³-hybridized carbons (Fsp3) is 0.259. The van der Waals surface area contributed by atoms with Crippen LogP contribution >= 0.6 is 23.8 Å². The molecule has 0 aliphatic carbocycles. The molecule has 1 aliphatic rings. The lowest BCUT2D eigenvalue weighted by molar-refractivity contribution is -0.904. The number of hydrogen-bond acceptors (Lipinski definition) is 4. The van der Waals surface area contributed by atoms with E-state index in [0.29, 0.717) is 46.6 Å². The summed E-state index contributed by atoms with van der Waals surface area (Å²) in [4.78, 5) is 20.2. The molecule has 1 N–H and O–H groups in total. The molecule has 36 heavy (non-hydrogen) atoms. The summed E-state index contributed by atoms with van der Waals surface area (Å²) in [5.74, 6) is 0.615. The highest BCUT2D eigenvalue weighted by Gasteiger charge is 2.49. The molecule has 2 heterocycles. The summed E-state index contributed by atoms with van der Waals surface area (Å²) in [6.07, 6.45) is 3.82. The number of carbonyl (C=O) groups excluding carboxylic acids is 1. The number of nitrogens with zero attached hydrogens (tertiary/aromatic N) is 4. The summed E-state index contributed by atoms with van der Waals surface area (Å²) in [5.41, 5.74) is 2.78. The number of carbonyl (C=O) groups is 1. The Labute approximate surface area is 220 Å². The van der Waals surface area contributed by atoms with Crippen LogP contribution < -0.4 is 14.4 Å². The fourth-order valence-corrected chi connectivity index (χ4v) is 4.88. The quantitative estimate of drug-likeness (QED) is 0.145. The zero-order valence-electron chi connectivity index (χ0n) is 20.2. The molecule has 1 aromatic heterocycles. The van der Waals surface area contributed by atoms with Crippen LogP contribution in [0.4, 0.5) is 11.4 Å². The third-order valence-corrected chi connectivity index (χ3v) is 7.20. The van der Waals surface area contributed by atoms with Gasteiger partial charge in [-0.05, 0) is 74.3 Å². The second-order valence-electron chi connectivity index (χ2n) is 8.98. The van der Waals surface area contributed by atoms with Gasteiger partial charge in [0.1, 0.15) is 11.3 Å². The second kappa shape index (κ2) is 10.1. The van der Waals surface area contributed by atoms with Gasteiger partial charge in [-0.3, -0.25) is 14.9 Å². The Morgan fingerprint density at radius 1 is 1.11 bits per heavy atom. The maximum Gasteiger partial charge on any atom is 0.258 e. The van der Waals surface area contributed by atoms with E-state index in [4.69, 9.17) is 35.1 Å². The summed E-state index contributed by atoms with van der Waals surface area (Å²) in [6.45, 7) is 13.8. The number of aromatic nitrogens is 1. The molecule has 4 rings (SSSR count). The number of pyridine rings is 1. The smallest absolute Gasteiger partial charge is 0.258 e. The zero-order chi connectivity index (χ0) is 26.0. The van der Waals surface area contributed by atoms with E-state index in [2.05, 4.69) is 4.85 Å². The van der Waals surface area contributed by atoms with E-state index in [0.717, 1.165) is 21.6 Å². The second-order valence-corrected chi connectivity index (χ2v) is 9.72. The van der Waals surface area contributed by atoms with Gasteiger partial charge in [0, 0.05) is 23.4 Å². The van der Waals surface area contributed by atoms with Crippen LogP contribution in [-0.4, -0.2) is 39.8 Å². The first-order chi connectivity index (χ1) is 17.1. The fourth-order valence-electron chi connectivity index (χ4n) is 4.18. The van der Waals surface area contributed by atoms with Gasteiger partial charge in [-0.1, -0.05) is 29.8 Å². The van der Waals surface area contributed by atoms with Gasteiger partial charge in [-0.2, -0.15) is 0 Å². The van der Waals surface area contributed by atoms with Gasteiger partial charge in [0.25, 0.3) is 5.91 Å². The Morgan fingerprint density at radius 2 is 1.75 bits per heavy atom. The van der Waals surface area contributed by atoms with Crippen molar-refractivity contribution >= 4 is 46.2 Å². The number of thiocarbonyl (C=S) groups is 1. The number of ether oxygens (including phenoxy) is 1. The van der Waals surface area contributed by atoms with E-state index >= 15 is 0 Å². The molecule has 0 saturated carbocycles. The van der Waals surface area contributed by atoms with Crippen LogP contribution in [0.1, 0.15) is 25.8 Å². The lowest BCUT2D eigenvalue weighted by atomic mass is 10.0. The van der Waals surface area contributed by atoms with E-state index in [-0.39, 0.29) is 5.91 Å². The van der Waals surface area contributed by atoms with Crippen molar-refractivity contribution in [2.75, 3.05) is 18.1 Å². The Morgan fingerprint density at radius 3 is 2.39 bits per heavy atom. The van der Waals surface area contributed by atoms with Gasteiger partial charge in [0.2, 0.25) is 18.1 Å². The zero-order valence-corrected chi connectivity index (χ0v) is 21.8. The molecule has 0 spiro atoms. The normalized spacial score (nSPS) is 14.8. The monoisotopic (exact) mass is 521 g/mol. The van der Waals surface area contributed by atoms with Crippen LogP contribution in [0, 0.1) is 13.5 Å². The molecule has 0 radical (unpaired) electrons. The summed E-state index contributed by atoms with van der Waals surface area (Å²) in [7, 11) is 0. The van der Waals surface area contributed by atoms with Gasteiger partial charge in [-0.25, -0.2) is 4.85 Å². The number of amides is 1. The largest absolute Gasteiger partial charge is 0.494 e. The number of halogens is 1. The predicted octanol–water partition coefficient (Wildman–Crippen LogP) is 5.57. The Hall–Kier alpha value is -3.67. The van der Waals surface area contributed by atoms with E-state index in [1.54, 1.807) is 31.5 Å². The third-order valence-electron chi connectivity index (χ3n) is 6.32. The number of benzene rings is 2. The van der Waals surface area contributed by atoms with Crippen LogP contribution in [0.3, 0.4) is 0 Å². The van der Waals surface area contributed by atoms with E-state index < -0.39 is 5.54 Å². The van der Waals surface area contributed by atoms with E-state index in [1.165, 1.54) is 4.90 Å². The minimum atomic E-state index is -0.821. The van der Waals surface area contributed by atoms with Crippen LogP contribution in [0.25, 0.3) is 16.0 Å². The van der Waals surface area contributed by atoms with Crippen LogP contribution in [-0.2, 0) is 4.79 Å². The minimum Gasteiger partial charge on any atom is -0.494 e. The SMILES string of the molecule is [C-]#[N+]c1ccc(N2C(=O)C(C)(C)N(CCCOc3ccc(-c4cc[n+](O)cc4)cc3)C2=S)c(C)c1Cl. The van der Waals surface area contributed by atoms with Gasteiger partial charge in [0.15, 0.2) is 5.11 Å². The predicted molar refractivity (Wildman–Crippen MR) is 143 cm³/mol. The van der Waals surface area contributed by atoms with E-state index in [9.17, 15) is 10.0 Å². The lowest BCUT2D eigenvalue weighted by Crippen LogP contribution is -2.44. The first kappa shape index (κ1) is 25.4. The lowest BCUT2D eigenvalue weighted by Gasteiger charge is -2.29. The van der Waals surface area contributed by atoms with Crippen molar-refractivity contribution < 1.29 is 19.5 Å². The van der Waals surface area contributed by atoms with Crippen molar-refractivity contribution in [2.45, 2.75) is 32.7 Å². The molecule has 0 unspecified atom stereocenters. The van der Waals surface area contributed by atoms with Crippen LogP contribution in [0.2, 0.25) is 5.02 Å². The number of anilines is 1. The van der Waals surface area contributed by atoms with Gasteiger partial charge in [-0.15, -0.1) is 0 Å². The van der Waals surface area contributed by atoms with Gasteiger partial charge < -0.3 is 9.64 Å². The highest BCUT2D eigenvalue weighted by molar-refractivity contribution is 7.80.